The Hall–Kier alpha value is -1.97. The van der Waals surface area contributed by atoms with Gasteiger partial charge in [-0.25, -0.2) is 0 Å². The zero-order valence-corrected chi connectivity index (χ0v) is 12.5. The molecule has 0 aromatic heterocycles. The maximum Gasteiger partial charge on any atom is 0.224 e. The van der Waals surface area contributed by atoms with Crippen molar-refractivity contribution in [3.05, 3.63) is 76.3 Å². The highest BCUT2D eigenvalue weighted by Crippen LogP contribution is 2.39. The monoisotopic (exact) mass is 314 g/mol. The standard InChI is InChI=1S/C17H11ClO2S/c18-14-6-7-15(19)12(9-14)8-13-10-16(21-17(13)20)11-4-2-1-3-5-11/h1-10,19H. The molecule has 1 heterocycles. The van der Waals surface area contributed by atoms with E-state index in [1.807, 2.05) is 36.4 Å². The fraction of sp³-hybridized carbons (Fsp3) is 0. The van der Waals surface area contributed by atoms with E-state index in [-0.39, 0.29) is 10.9 Å². The van der Waals surface area contributed by atoms with Gasteiger partial charge < -0.3 is 5.11 Å². The molecule has 21 heavy (non-hydrogen) atoms. The van der Waals surface area contributed by atoms with Crippen LogP contribution in [0.5, 0.6) is 5.75 Å². The zero-order chi connectivity index (χ0) is 14.8. The SMILES string of the molecule is O=C1SC(c2ccccc2)=CC1=Cc1cc(Cl)ccc1O. The maximum absolute atomic E-state index is 12.1. The summed E-state index contributed by atoms with van der Waals surface area (Å²) in [4.78, 5) is 13.0. The number of hydrogen-bond donors (Lipinski definition) is 1. The molecule has 2 aromatic rings. The molecule has 104 valence electrons. The molecular weight excluding hydrogens is 304 g/mol. The van der Waals surface area contributed by atoms with Gasteiger partial charge in [-0.3, -0.25) is 4.79 Å². The first-order valence-corrected chi connectivity index (χ1v) is 7.52. The van der Waals surface area contributed by atoms with Gasteiger partial charge in [0.2, 0.25) is 5.12 Å². The predicted molar refractivity (Wildman–Crippen MR) is 88.1 cm³/mol. The number of carbonyl (C=O) groups excluding carboxylic acids is 1. The molecule has 3 rings (SSSR count). The van der Waals surface area contributed by atoms with Crippen LogP contribution in [0.2, 0.25) is 5.02 Å². The minimum atomic E-state index is -0.0340. The molecule has 0 spiro atoms. The lowest BCUT2D eigenvalue weighted by Gasteiger charge is -2.00. The Bertz CT molecular complexity index is 764. The van der Waals surface area contributed by atoms with Crippen molar-refractivity contribution < 1.29 is 9.90 Å². The molecule has 0 bridgehead atoms. The van der Waals surface area contributed by atoms with Gasteiger partial charge in [0.25, 0.3) is 0 Å². The number of thioether (sulfide) groups is 1. The smallest absolute Gasteiger partial charge is 0.224 e. The molecule has 1 N–H and O–H groups in total. The quantitative estimate of drug-likeness (QED) is 0.813. The molecule has 1 aliphatic rings. The first-order valence-electron chi connectivity index (χ1n) is 6.33. The van der Waals surface area contributed by atoms with Crippen molar-refractivity contribution in [2.75, 3.05) is 0 Å². The van der Waals surface area contributed by atoms with Crippen molar-refractivity contribution in [3.63, 3.8) is 0 Å². The van der Waals surface area contributed by atoms with Crippen LogP contribution in [0.15, 0.2) is 60.2 Å². The van der Waals surface area contributed by atoms with Gasteiger partial charge >= 0.3 is 0 Å². The van der Waals surface area contributed by atoms with Gasteiger partial charge in [-0.15, -0.1) is 0 Å². The van der Waals surface area contributed by atoms with Crippen molar-refractivity contribution in [2.24, 2.45) is 0 Å². The zero-order valence-electron chi connectivity index (χ0n) is 10.9. The highest BCUT2D eigenvalue weighted by atomic mass is 35.5. The van der Waals surface area contributed by atoms with Gasteiger partial charge in [-0.2, -0.15) is 0 Å². The Labute approximate surface area is 131 Å². The van der Waals surface area contributed by atoms with Gasteiger partial charge in [0.1, 0.15) is 5.75 Å². The Morgan fingerprint density at radius 3 is 2.62 bits per heavy atom. The molecule has 4 heteroatoms. The minimum absolute atomic E-state index is 0.0340. The number of hydrogen-bond acceptors (Lipinski definition) is 3. The molecule has 2 nitrogen and oxygen atoms in total. The number of carbonyl (C=O) groups is 1. The van der Waals surface area contributed by atoms with Crippen LogP contribution in [0.3, 0.4) is 0 Å². The summed E-state index contributed by atoms with van der Waals surface area (Å²) in [5.74, 6) is 0.103. The molecular formula is C17H11ClO2S. The first kappa shape index (κ1) is 14.0. The normalized spacial score (nSPS) is 16.3. The van der Waals surface area contributed by atoms with Crippen LogP contribution in [-0.4, -0.2) is 10.2 Å². The van der Waals surface area contributed by atoms with Crippen LogP contribution in [0.4, 0.5) is 0 Å². The van der Waals surface area contributed by atoms with Crippen LogP contribution < -0.4 is 0 Å². The summed E-state index contributed by atoms with van der Waals surface area (Å²) in [5, 5.41) is 10.3. The molecule has 0 saturated carbocycles. The summed E-state index contributed by atoms with van der Waals surface area (Å²) in [6.45, 7) is 0. The number of phenolic OH excluding ortho intramolecular Hbond substituents is 1. The van der Waals surface area contributed by atoms with E-state index in [4.69, 9.17) is 11.6 Å². The lowest BCUT2D eigenvalue weighted by Crippen LogP contribution is -1.88. The second-order valence-corrected chi connectivity index (χ2v) is 6.02. The Balaban J connectivity index is 1.99. The second-order valence-electron chi connectivity index (χ2n) is 4.57. The maximum atomic E-state index is 12.1. The third-order valence-corrected chi connectivity index (χ3v) is 4.31. The molecule has 0 radical (unpaired) electrons. The summed E-state index contributed by atoms with van der Waals surface area (Å²) >= 11 is 7.11. The predicted octanol–water partition coefficient (Wildman–Crippen LogP) is 4.74. The molecule has 1 aliphatic heterocycles. The third kappa shape index (κ3) is 3.04. The lowest BCUT2D eigenvalue weighted by atomic mass is 10.1. The molecule has 0 amide bonds. The van der Waals surface area contributed by atoms with Crippen LogP contribution in [0.1, 0.15) is 11.1 Å². The van der Waals surface area contributed by atoms with Crippen LogP contribution in [-0.2, 0) is 4.79 Å². The van der Waals surface area contributed by atoms with E-state index in [0.717, 1.165) is 10.5 Å². The Morgan fingerprint density at radius 1 is 1.10 bits per heavy atom. The topological polar surface area (TPSA) is 37.3 Å². The average molecular weight is 315 g/mol. The largest absolute Gasteiger partial charge is 0.507 e. The molecule has 0 saturated heterocycles. The van der Waals surface area contributed by atoms with E-state index < -0.39 is 0 Å². The van der Waals surface area contributed by atoms with E-state index in [1.54, 1.807) is 18.2 Å². The van der Waals surface area contributed by atoms with Crippen molar-refractivity contribution in [1.82, 2.24) is 0 Å². The number of benzene rings is 2. The minimum Gasteiger partial charge on any atom is -0.507 e. The van der Waals surface area contributed by atoms with Gasteiger partial charge in [-0.05, 0) is 47.7 Å². The molecule has 0 fully saturated rings. The molecule has 0 aliphatic carbocycles. The van der Waals surface area contributed by atoms with Gasteiger partial charge in [-0.1, -0.05) is 41.9 Å². The van der Waals surface area contributed by atoms with E-state index in [0.29, 0.717) is 16.2 Å². The highest BCUT2D eigenvalue weighted by Gasteiger charge is 2.21. The molecule has 0 atom stereocenters. The van der Waals surface area contributed by atoms with Crippen LogP contribution in [0.25, 0.3) is 11.0 Å². The average Bonchev–Trinajstić information content (AvgIpc) is 2.85. The van der Waals surface area contributed by atoms with Gasteiger partial charge in [0.15, 0.2) is 0 Å². The van der Waals surface area contributed by atoms with Crippen molar-refractivity contribution in [1.29, 1.82) is 0 Å². The highest BCUT2D eigenvalue weighted by molar-refractivity contribution is 8.22. The van der Waals surface area contributed by atoms with Crippen LogP contribution >= 0.6 is 23.4 Å². The number of halogens is 1. The van der Waals surface area contributed by atoms with Gasteiger partial charge in [0, 0.05) is 21.1 Å². The van der Waals surface area contributed by atoms with E-state index in [9.17, 15) is 9.90 Å². The second kappa shape index (κ2) is 5.80. The Kier molecular flexibility index (Phi) is 3.86. The Morgan fingerprint density at radius 2 is 1.86 bits per heavy atom. The lowest BCUT2D eigenvalue weighted by molar-refractivity contribution is -0.107. The number of rotatable bonds is 2. The summed E-state index contributed by atoms with van der Waals surface area (Å²) in [7, 11) is 0. The summed E-state index contributed by atoms with van der Waals surface area (Å²) in [5.41, 5.74) is 2.10. The number of aromatic hydroxyl groups is 1. The summed E-state index contributed by atoms with van der Waals surface area (Å²) in [6.07, 6.45) is 3.50. The number of allylic oxidation sites excluding steroid dienone is 1. The molecule has 0 unspecified atom stereocenters. The van der Waals surface area contributed by atoms with E-state index in [2.05, 4.69) is 0 Å². The fourth-order valence-electron chi connectivity index (χ4n) is 2.04. The first-order chi connectivity index (χ1) is 10.1. The molecule has 2 aromatic carbocycles. The van der Waals surface area contributed by atoms with Crippen molar-refractivity contribution >= 4 is 39.5 Å². The third-order valence-electron chi connectivity index (χ3n) is 3.08. The van der Waals surface area contributed by atoms with Crippen molar-refractivity contribution in [2.45, 2.75) is 0 Å². The van der Waals surface area contributed by atoms with Gasteiger partial charge in [0.05, 0.1) is 0 Å². The number of phenols is 1. The van der Waals surface area contributed by atoms with E-state index >= 15 is 0 Å². The summed E-state index contributed by atoms with van der Waals surface area (Å²) in [6, 6.07) is 14.5. The van der Waals surface area contributed by atoms with E-state index in [1.165, 1.54) is 17.8 Å². The van der Waals surface area contributed by atoms with Crippen LogP contribution in [0, 0.1) is 0 Å². The van der Waals surface area contributed by atoms with Crippen molar-refractivity contribution in [3.8, 4) is 5.75 Å². The summed E-state index contributed by atoms with van der Waals surface area (Å²) < 4.78 is 0. The fourth-order valence-corrected chi connectivity index (χ4v) is 3.10.